The van der Waals surface area contributed by atoms with E-state index in [4.69, 9.17) is 5.11 Å². The van der Waals surface area contributed by atoms with E-state index in [1.807, 2.05) is 12.1 Å². The molecular weight excluding hydrogens is 259 g/mol. The maximum absolute atomic E-state index is 12.6. The van der Waals surface area contributed by atoms with Gasteiger partial charge in [0.05, 0.1) is 0 Å². The number of nitrogens with one attached hydrogen (secondary N) is 1. The number of para-hydroxylation sites is 1. The fourth-order valence-corrected chi connectivity index (χ4v) is 2.34. The lowest BCUT2D eigenvalue weighted by Gasteiger charge is -2.29. The van der Waals surface area contributed by atoms with Crippen LogP contribution in [0, 0.1) is 5.92 Å². The van der Waals surface area contributed by atoms with Crippen molar-refractivity contribution < 1.29 is 23.1 Å². The van der Waals surface area contributed by atoms with Crippen LogP contribution in [0.15, 0.2) is 24.3 Å². The Balaban J connectivity index is 2.07. The van der Waals surface area contributed by atoms with Gasteiger partial charge >= 0.3 is 12.1 Å². The minimum absolute atomic E-state index is 0.437. The van der Waals surface area contributed by atoms with Gasteiger partial charge in [0.1, 0.15) is 0 Å². The third-order valence-electron chi connectivity index (χ3n) is 3.35. The second-order valence-electron chi connectivity index (χ2n) is 4.71. The van der Waals surface area contributed by atoms with E-state index in [9.17, 15) is 18.0 Å². The number of anilines is 1. The van der Waals surface area contributed by atoms with Crippen LogP contribution in [0.1, 0.15) is 18.4 Å². The molecule has 2 atom stereocenters. The summed E-state index contributed by atoms with van der Waals surface area (Å²) in [4.78, 5) is 10.7. The second-order valence-corrected chi connectivity index (χ2v) is 4.71. The molecule has 6 heteroatoms. The van der Waals surface area contributed by atoms with Gasteiger partial charge in [-0.05, 0) is 30.9 Å². The third-order valence-corrected chi connectivity index (χ3v) is 3.35. The maximum Gasteiger partial charge on any atom is 0.402 e. The molecule has 1 aromatic rings. The van der Waals surface area contributed by atoms with Crippen molar-refractivity contribution in [3.63, 3.8) is 0 Å². The number of alkyl halides is 3. The Labute approximate surface area is 108 Å². The summed E-state index contributed by atoms with van der Waals surface area (Å²) in [6, 6.07) is 6.92. The van der Waals surface area contributed by atoms with Crippen LogP contribution in [0.4, 0.5) is 18.9 Å². The number of rotatable bonds is 3. The zero-order valence-electron chi connectivity index (χ0n) is 10.1. The van der Waals surface area contributed by atoms with Crippen molar-refractivity contribution in [2.75, 3.05) is 5.32 Å². The summed E-state index contributed by atoms with van der Waals surface area (Å²) in [6.45, 7) is 0. The number of aryl methyl sites for hydroxylation is 1. The monoisotopic (exact) mass is 273 g/mol. The molecular formula is C13H14F3NO2. The third kappa shape index (κ3) is 3.19. The van der Waals surface area contributed by atoms with Gasteiger partial charge in [0.25, 0.3) is 0 Å². The number of hydrogen-bond donors (Lipinski definition) is 2. The highest BCUT2D eigenvalue weighted by Crippen LogP contribution is 2.33. The Morgan fingerprint density at radius 2 is 2.11 bits per heavy atom. The summed E-state index contributed by atoms with van der Waals surface area (Å²) in [6.07, 6.45) is -3.97. The van der Waals surface area contributed by atoms with E-state index in [1.165, 1.54) is 0 Å². The highest BCUT2D eigenvalue weighted by atomic mass is 19.4. The first-order valence-electron chi connectivity index (χ1n) is 6.02. The van der Waals surface area contributed by atoms with Gasteiger partial charge in [-0.2, -0.15) is 13.2 Å². The number of halogens is 3. The van der Waals surface area contributed by atoms with E-state index in [-0.39, 0.29) is 0 Å². The number of carboxylic acid groups (broad SMARTS) is 1. The summed E-state index contributed by atoms with van der Waals surface area (Å²) in [5.74, 6) is -4.12. The summed E-state index contributed by atoms with van der Waals surface area (Å²) >= 11 is 0. The molecule has 0 fully saturated rings. The normalized spacial score (nSPS) is 20.3. The molecule has 1 aromatic carbocycles. The van der Waals surface area contributed by atoms with Crippen LogP contribution >= 0.6 is 0 Å². The van der Waals surface area contributed by atoms with Crippen molar-refractivity contribution in [2.45, 2.75) is 31.5 Å². The molecule has 3 nitrogen and oxygen atoms in total. The van der Waals surface area contributed by atoms with E-state index in [1.54, 1.807) is 12.1 Å². The highest BCUT2D eigenvalue weighted by Gasteiger charge is 2.46. The predicted octanol–water partition coefficient (Wildman–Crippen LogP) is 3.07. The summed E-state index contributed by atoms with van der Waals surface area (Å²) < 4.78 is 37.8. The van der Waals surface area contributed by atoms with Crippen LogP contribution in [-0.2, 0) is 11.2 Å². The van der Waals surface area contributed by atoms with E-state index in [0.717, 1.165) is 11.3 Å². The van der Waals surface area contributed by atoms with Crippen LogP contribution in [0.2, 0.25) is 0 Å². The fraction of sp³-hybridized carbons (Fsp3) is 0.462. The minimum atomic E-state index is -4.70. The van der Waals surface area contributed by atoms with Gasteiger partial charge in [0.15, 0.2) is 5.92 Å². The molecule has 0 bridgehead atoms. The molecule has 0 radical (unpaired) electrons. The van der Waals surface area contributed by atoms with Crippen molar-refractivity contribution in [1.82, 2.24) is 0 Å². The molecule has 0 aliphatic carbocycles. The fourth-order valence-electron chi connectivity index (χ4n) is 2.34. The lowest BCUT2D eigenvalue weighted by Crippen LogP contribution is -2.37. The van der Waals surface area contributed by atoms with Gasteiger partial charge in [-0.1, -0.05) is 18.2 Å². The average molecular weight is 273 g/mol. The quantitative estimate of drug-likeness (QED) is 0.889. The molecule has 0 saturated heterocycles. The molecule has 0 saturated carbocycles. The summed E-state index contributed by atoms with van der Waals surface area (Å²) in [5, 5.41) is 11.7. The van der Waals surface area contributed by atoms with Crippen LogP contribution < -0.4 is 5.32 Å². The topological polar surface area (TPSA) is 49.3 Å². The molecule has 1 heterocycles. The number of carboxylic acids is 1. The van der Waals surface area contributed by atoms with E-state index < -0.39 is 30.5 Å². The van der Waals surface area contributed by atoms with Crippen molar-refractivity contribution in [3.05, 3.63) is 29.8 Å². The summed E-state index contributed by atoms with van der Waals surface area (Å²) in [5.41, 5.74) is 1.85. The van der Waals surface area contributed by atoms with Gasteiger partial charge < -0.3 is 10.4 Å². The minimum Gasteiger partial charge on any atom is -0.481 e. The van der Waals surface area contributed by atoms with E-state index >= 15 is 0 Å². The Hall–Kier alpha value is -1.72. The molecule has 1 aliphatic rings. The van der Waals surface area contributed by atoms with Crippen LogP contribution in [0.5, 0.6) is 0 Å². The lowest BCUT2D eigenvalue weighted by atomic mass is 9.91. The Bertz CT molecular complexity index is 473. The largest absolute Gasteiger partial charge is 0.481 e. The van der Waals surface area contributed by atoms with Crippen molar-refractivity contribution in [1.29, 1.82) is 0 Å². The molecule has 0 amide bonds. The lowest BCUT2D eigenvalue weighted by molar-refractivity contribution is -0.195. The second kappa shape index (κ2) is 5.11. The molecule has 2 rings (SSSR count). The first-order chi connectivity index (χ1) is 8.88. The van der Waals surface area contributed by atoms with Crippen LogP contribution in [0.25, 0.3) is 0 Å². The standard InChI is InChI=1S/C13H14F3NO2/c14-13(15,16)10(12(18)19)7-9-6-5-8-3-1-2-4-11(8)17-9/h1-4,9-10,17H,5-7H2,(H,18,19)/t9-,10+/m0/s1. The van der Waals surface area contributed by atoms with Gasteiger partial charge in [-0.15, -0.1) is 0 Å². The maximum atomic E-state index is 12.6. The predicted molar refractivity (Wildman–Crippen MR) is 64.0 cm³/mol. The number of carbonyl (C=O) groups is 1. The van der Waals surface area contributed by atoms with E-state index in [0.29, 0.717) is 12.8 Å². The van der Waals surface area contributed by atoms with Gasteiger partial charge in [-0.3, -0.25) is 4.79 Å². The van der Waals surface area contributed by atoms with E-state index in [2.05, 4.69) is 5.32 Å². The molecule has 0 unspecified atom stereocenters. The number of aliphatic carboxylic acids is 1. The molecule has 0 aromatic heterocycles. The number of fused-ring (bicyclic) bond motifs is 1. The first kappa shape index (κ1) is 13.7. The van der Waals surface area contributed by atoms with Gasteiger partial charge in [0.2, 0.25) is 0 Å². The van der Waals surface area contributed by atoms with Crippen molar-refractivity contribution >= 4 is 11.7 Å². The number of benzene rings is 1. The van der Waals surface area contributed by atoms with Crippen molar-refractivity contribution in [2.24, 2.45) is 5.92 Å². The first-order valence-corrected chi connectivity index (χ1v) is 6.02. The molecule has 19 heavy (non-hydrogen) atoms. The Morgan fingerprint density at radius 1 is 1.42 bits per heavy atom. The Morgan fingerprint density at radius 3 is 2.74 bits per heavy atom. The van der Waals surface area contributed by atoms with Crippen LogP contribution in [-0.4, -0.2) is 23.3 Å². The van der Waals surface area contributed by atoms with Crippen molar-refractivity contribution in [3.8, 4) is 0 Å². The summed E-state index contributed by atoms with van der Waals surface area (Å²) in [7, 11) is 0. The van der Waals surface area contributed by atoms with Crippen LogP contribution in [0.3, 0.4) is 0 Å². The van der Waals surface area contributed by atoms with Gasteiger partial charge in [0, 0.05) is 11.7 Å². The smallest absolute Gasteiger partial charge is 0.402 e. The Kier molecular flexibility index (Phi) is 3.68. The molecule has 104 valence electrons. The molecule has 0 spiro atoms. The zero-order valence-corrected chi connectivity index (χ0v) is 10.1. The average Bonchev–Trinajstić information content (AvgIpc) is 2.34. The SMILES string of the molecule is O=C(O)[C@@H](C[C@@H]1CCc2ccccc2N1)C(F)(F)F. The zero-order chi connectivity index (χ0) is 14.0. The molecule has 1 aliphatic heterocycles. The number of hydrogen-bond acceptors (Lipinski definition) is 2. The highest BCUT2D eigenvalue weighted by molar-refractivity contribution is 5.71. The van der Waals surface area contributed by atoms with Gasteiger partial charge in [-0.25, -0.2) is 0 Å². The molecule has 2 N–H and O–H groups in total.